The summed E-state index contributed by atoms with van der Waals surface area (Å²) >= 11 is 0. The molecule has 0 aliphatic heterocycles. The van der Waals surface area contributed by atoms with Gasteiger partial charge in [0.25, 0.3) is 0 Å². The van der Waals surface area contributed by atoms with Gasteiger partial charge in [-0.05, 0) is 53.8 Å². The summed E-state index contributed by atoms with van der Waals surface area (Å²) in [7, 11) is -3.49. The van der Waals surface area contributed by atoms with Crippen LogP contribution in [0.2, 0.25) is 0 Å². The molecule has 4 aromatic rings. The van der Waals surface area contributed by atoms with Gasteiger partial charge in [-0.2, -0.15) is 5.26 Å². The molecule has 1 aliphatic rings. The predicted octanol–water partition coefficient (Wildman–Crippen LogP) is 4.39. The number of nitrogens with zero attached hydrogens (tertiary/aromatic N) is 3. The molecule has 0 bridgehead atoms. The minimum atomic E-state index is -3.49. The smallest absolute Gasteiger partial charge is 0.184 e. The Morgan fingerprint density at radius 3 is 2.62 bits per heavy atom. The second-order valence-electron chi connectivity index (χ2n) is 8.60. The van der Waals surface area contributed by atoms with Crippen LogP contribution in [0.3, 0.4) is 0 Å². The molecule has 7 heteroatoms. The highest BCUT2D eigenvalue weighted by Gasteiger charge is 2.43. The largest absolute Gasteiger partial charge is 0.299 e. The molecule has 2 heterocycles. The molecule has 1 aliphatic carbocycles. The van der Waals surface area contributed by atoms with E-state index in [-0.39, 0.29) is 28.3 Å². The summed E-state index contributed by atoms with van der Waals surface area (Å²) in [4.78, 5) is 21.3. The molecule has 34 heavy (non-hydrogen) atoms. The molecule has 0 saturated heterocycles. The van der Waals surface area contributed by atoms with Crippen LogP contribution in [0.5, 0.6) is 0 Å². The van der Waals surface area contributed by atoms with Gasteiger partial charge in [0.05, 0.1) is 21.9 Å². The van der Waals surface area contributed by atoms with Crippen molar-refractivity contribution in [2.24, 2.45) is 5.92 Å². The van der Waals surface area contributed by atoms with E-state index in [9.17, 15) is 18.5 Å². The summed E-state index contributed by atoms with van der Waals surface area (Å²) in [5.74, 6) is 0.0512. The van der Waals surface area contributed by atoms with E-state index in [1.807, 2.05) is 30.3 Å². The van der Waals surface area contributed by atoms with Crippen LogP contribution in [-0.4, -0.2) is 24.2 Å². The number of hydrogen-bond donors (Lipinski definition) is 0. The Balaban J connectivity index is 1.26. The molecule has 2 aromatic carbocycles. The lowest BCUT2D eigenvalue weighted by Gasteiger charge is -2.07. The van der Waals surface area contributed by atoms with Gasteiger partial charge in [0.1, 0.15) is 11.9 Å². The first-order chi connectivity index (χ1) is 16.4. The minimum absolute atomic E-state index is 0.0699. The fraction of sp³-hybridized carbons (Fsp3) is 0.185. The Kier molecular flexibility index (Phi) is 5.68. The molecule has 0 N–H and O–H groups in total. The van der Waals surface area contributed by atoms with Crippen molar-refractivity contribution in [1.29, 1.82) is 5.26 Å². The normalized spacial score (nSPS) is 17.3. The van der Waals surface area contributed by atoms with Gasteiger partial charge in [-0.15, -0.1) is 0 Å². The molecule has 0 amide bonds. The SMILES string of the molecule is N#Cc1cncc2ccc(CC(=O)[C@@H]3CC3c3ccc(S(=O)(=O)Cc4ccccn4)cc3)cc12. The van der Waals surface area contributed by atoms with E-state index in [1.165, 1.54) is 6.20 Å². The second kappa shape index (κ2) is 8.81. The Morgan fingerprint density at radius 1 is 1.06 bits per heavy atom. The number of aromatic nitrogens is 2. The van der Waals surface area contributed by atoms with Gasteiger partial charge in [0.15, 0.2) is 9.84 Å². The fourth-order valence-corrected chi connectivity index (χ4v) is 5.62. The number of fused-ring (bicyclic) bond motifs is 1. The van der Waals surface area contributed by atoms with E-state index in [4.69, 9.17) is 0 Å². The summed E-state index contributed by atoms with van der Waals surface area (Å²) < 4.78 is 25.4. The van der Waals surface area contributed by atoms with E-state index < -0.39 is 9.84 Å². The molecule has 0 radical (unpaired) electrons. The van der Waals surface area contributed by atoms with Crippen LogP contribution in [0.15, 0.2) is 84.1 Å². The lowest BCUT2D eigenvalue weighted by molar-refractivity contribution is -0.119. The van der Waals surface area contributed by atoms with E-state index in [0.29, 0.717) is 17.7 Å². The summed E-state index contributed by atoms with van der Waals surface area (Å²) in [6.45, 7) is 0. The number of benzene rings is 2. The monoisotopic (exact) mass is 467 g/mol. The summed E-state index contributed by atoms with van der Waals surface area (Å²) in [6, 6.07) is 19.9. The van der Waals surface area contributed by atoms with Crippen LogP contribution in [0.4, 0.5) is 0 Å². The van der Waals surface area contributed by atoms with Gasteiger partial charge in [-0.1, -0.05) is 30.3 Å². The van der Waals surface area contributed by atoms with Gasteiger partial charge in [-0.3, -0.25) is 14.8 Å². The van der Waals surface area contributed by atoms with E-state index >= 15 is 0 Å². The van der Waals surface area contributed by atoms with Crippen LogP contribution in [0.25, 0.3) is 10.8 Å². The lowest BCUT2D eigenvalue weighted by Crippen LogP contribution is -2.07. The third-order valence-corrected chi connectivity index (χ3v) is 7.93. The van der Waals surface area contributed by atoms with Crippen molar-refractivity contribution in [3.63, 3.8) is 0 Å². The number of carbonyl (C=O) groups excluding carboxylic acids is 1. The second-order valence-corrected chi connectivity index (χ2v) is 10.6. The summed E-state index contributed by atoms with van der Waals surface area (Å²) in [5, 5.41) is 11.0. The minimum Gasteiger partial charge on any atom is -0.299 e. The Labute approximate surface area is 197 Å². The zero-order chi connectivity index (χ0) is 23.7. The number of ketones is 1. The van der Waals surface area contributed by atoms with Gasteiger partial charge in [-0.25, -0.2) is 8.42 Å². The predicted molar refractivity (Wildman–Crippen MR) is 128 cm³/mol. The maximum absolute atomic E-state index is 12.9. The van der Waals surface area contributed by atoms with Crippen molar-refractivity contribution < 1.29 is 13.2 Å². The van der Waals surface area contributed by atoms with Crippen LogP contribution in [0, 0.1) is 17.2 Å². The van der Waals surface area contributed by atoms with Crippen molar-refractivity contribution in [2.45, 2.75) is 29.4 Å². The molecule has 5 rings (SSSR count). The number of sulfone groups is 1. The first-order valence-corrected chi connectivity index (χ1v) is 12.6. The first kappa shape index (κ1) is 21.9. The Bertz CT molecular complexity index is 1530. The number of nitriles is 1. The molecular weight excluding hydrogens is 446 g/mol. The summed E-state index contributed by atoms with van der Waals surface area (Å²) in [5.41, 5.74) is 2.86. The standard InChI is InChI=1S/C27H21N3O3S/c28-14-21-16-29-15-20-5-4-18(11-24(20)21)12-27(31)26-13-25(26)19-6-8-23(9-7-19)34(32,33)17-22-3-1-2-10-30-22/h1-11,15-16,25-26H,12-13,17H2/t25?,26-/m1/s1. The van der Waals surface area contributed by atoms with E-state index in [2.05, 4.69) is 16.0 Å². The van der Waals surface area contributed by atoms with Crippen LogP contribution in [-0.2, 0) is 26.8 Å². The molecule has 6 nitrogen and oxygen atoms in total. The van der Waals surface area contributed by atoms with Crippen LogP contribution < -0.4 is 0 Å². The third kappa shape index (κ3) is 4.45. The van der Waals surface area contributed by atoms with Crippen LogP contribution in [0.1, 0.15) is 34.7 Å². The quantitative estimate of drug-likeness (QED) is 0.400. The Hall–Kier alpha value is -3.89. The molecule has 1 saturated carbocycles. The van der Waals surface area contributed by atoms with Gasteiger partial charge in [0, 0.05) is 41.7 Å². The molecule has 168 valence electrons. The number of pyridine rings is 2. The molecule has 2 aromatic heterocycles. The highest BCUT2D eigenvalue weighted by molar-refractivity contribution is 7.90. The van der Waals surface area contributed by atoms with Crippen molar-refractivity contribution in [2.75, 3.05) is 0 Å². The first-order valence-electron chi connectivity index (χ1n) is 11.0. The van der Waals surface area contributed by atoms with E-state index in [1.54, 1.807) is 42.7 Å². The average molecular weight is 468 g/mol. The maximum atomic E-state index is 12.9. The zero-order valence-corrected chi connectivity index (χ0v) is 19.1. The lowest BCUT2D eigenvalue weighted by atomic mass is 9.99. The van der Waals surface area contributed by atoms with Crippen molar-refractivity contribution in [3.8, 4) is 6.07 Å². The zero-order valence-electron chi connectivity index (χ0n) is 18.3. The van der Waals surface area contributed by atoms with Crippen LogP contribution >= 0.6 is 0 Å². The van der Waals surface area contributed by atoms with E-state index in [0.717, 1.165) is 28.3 Å². The fourth-order valence-electron chi connectivity index (χ4n) is 4.35. The number of rotatable bonds is 7. The number of hydrogen-bond acceptors (Lipinski definition) is 6. The summed E-state index contributed by atoms with van der Waals surface area (Å²) in [6.07, 6.45) is 5.89. The average Bonchev–Trinajstić information content (AvgIpc) is 3.65. The molecule has 1 fully saturated rings. The number of Topliss-reactive ketones (excluding diaryl/α,β-unsaturated/α-hetero) is 1. The van der Waals surface area contributed by atoms with Gasteiger partial charge >= 0.3 is 0 Å². The molecule has 2 atom stereocenters. The van der Waals surface area contributed by atoms with Crippen molar-refractivity contribution in [3.05, 3.63) is 102 Å². The van der Waals surface area contributed by atoms with Crippen molar-refractivity contribution in [1.82, 2.24) is 9.97 Å². The highest BCUT2D eigenvalue weighted by atomic mass is 32.2. The Morgan fingerprint density at radius 2 is 1.88 bits per heavy atom. The number of carbonyl (C=O) groups is 1. The molecular formula is C27H21N3O3S. The molecule has 1 unspecified atom stereocenters. The molecule has 0 spiro atoms. The van der Waals surface area contributed by atoms with Gasteiger partial charge in [0.2, 0.25) is 0 Å². The highest BCUT2D eigenvalue weighted by Crippen LogP contribution is 2.48. The maximum Gasteiger partial charge on any atom is 0.184 e. The van der Waals surface area contributed by atoms with Crippen molar-refractivity contribution >= 4 is 26.4 Å². The topological polar surface area (TPSA) is 101 Å². The van der Waals surface area contributed by atoms with Gasteiger partial charge < -0.3 is 0 Å². The third-order valence-electron chi connectivity index (χ3n) is 6.26.